The molecule has 230 valence electrons. The zero-order chi connectivity index (χ0) is 30.4. The van der Waals surface area contributed by atoms with Gasteiger partial charge < -0.3 is 13.3 Å². The topological polar surface area (TPSA) is 27.7 Å². The summed E-state index contributed by atoms with van der Waals surface area (Å²) < 4.78 is 62.6. The molecule has 0 fully saturated rings. The van der Waals surface area contributed by atoms with E-state index in [1.165, 1.54) is 0 Å². The van der Waals surface area contributed by atoms with Gasteiger partial charge in [-0.3, -0.25) is 0 Å². The largest absolute Gasteiger partial charge is 0.414 e. The van der Waals surface area contributed by atoms with Gasteiger partial charge in [-0.25, -0.2) is 0 Å². The van der Waals surface area contributed by atoms with E-state index in [1.54, 1.807) is 0 Å². The summed E-state index contributed by atoms with van der Waals surface area (Å²) in [7, 11) is -8.60. The van der Waals surface area contributed by atoms with E-state index in [4.69, 9.17) is 13.3 Å². The third-order valence-electron chi connectivity index (χ3n) is 9.72. The number of hydrogen-bond donors (Lipinski definition) is 0. The molecule has 0 saturated heterocycles. The molecule has 0 aromatic rings. The molecule has 0 aromatic heterocycles. The summed E-state index contributed by atoms with van der Waals surface area (Å²) in [6, 6.07) is 0.0755. The standard InChI is InChI=1S/C28H63F3O3Si4/c1-16-24(32-35(8)27(20-5,21-6)34-37(12,13)14)26(18-3,19-4)38(15,23-22-28(29,30)31)33-25(7,17-2)36(9,10)11/h24,35H,16-23H2,1-15H3/t24?,25-,35?,38?/m1/s1. The zero-order valence-electron chi connectivity index (χ0n) is 27.7. The molecule has 0 spiro atoms. The third kappa shape index (κ3) is 9.27. The molecule has 0 aliphatic carbocycles. The van der Waals surface area contributed by atoms with Gasteiger partial charge in [0.25, 0.3) is 0 Å². The molecule has 3 nitrogen and oxygen atoms in total. The zero-order valence-corrected chi connectivity index (χ0v) is 31.8. The second kappa shape index (κ2) is 14.1. The molecule has 0 aliphatic rings. The predicted molar refractivity (Wildman–Crippen MR) is 169 cm³/mol. The molecule has 4 atom stereocenters. The lowest BCUT2D eigenvalue weighted by atomic mass is 9.93. The van der Waals surface area contributed by atoms with Crippen molar-refractivity contribution in [3.63, 3.8) is 0 Å². The SMILES string of the molecule is CCC(O[SiH](C)C(CC)(CC)O[Si](C)(C)C)C(CC)(CC)[Si](C)(CCC(F)(F)F)O[C@@](C)(CC)[Si](C)(C)C. The number of rotatable bonds is 18. The van der Waals surface area contributed by atoms with E-state index in [2.05, 4.69) is 101 Å². The van der Waals surface area contributed by atoms with Crippen molar-refractivity contribution in [2.75, 3.05) is 0 Å². The first-order valence-electron chi connectivity index (χ1n) is 15.1. The molecule has 10 heteroatoms. The van der Waals surface area contributed by atoms with Crippen molar-refractivity contribution < 1.29 is 26.4 Å². The van der Waals surface area contributed by atoms with E-state index in [9.17, 15) is 13.2 Å². The van der Waals surface area contributed by atoms with Crippen molar-refractivity contribution in [3.8, 4) is 0 Å². The van der Waals surface area contributed by atoms with Gasteiger partial charge in [0.1, 0.15) is 0 Å². The molecular weight excluding hydrogens is 554 g/mol. The average molecular weight is 617 g/mol. The minimum atomic E-state index is -4.21. The van der Waals surface area contributed by atoms with Crippen LogP contribution in [0.1, 0.15) is 93.4 Å². The first-order chi connectivity index (χ1) is 17.0. The molecule has 0 bridgehead atoms. The molecule has 0 rings (SSSR count). The van der Waals surface area contributed by atoms with Gasteiger partial charge in [0.2, 0.25) is 9.04 Å². The highest BCUT2D eigenvalue weighted by molar-refractivity contribution is 6.82. The Labute approximate surface area is 239 Å². The average Bonchev–Trinajstić information content (AvgIpc) is 2.79. The summed E-state index contributed by atoms with van der Waals surface area (Å²) in [6.45, 7) is 33.0. The van der Waals surface area contributed by atoms with Crippen molar-refractivity contribution in [1.29, 1.82) is 0 Å². The van der Waals surface area contributed by atoms with Crippen molar-refractivity contribution >= 4 is 33.7 Å². The van der Waals surface area contributed by atoms with Crippen LogP contribution in [0.5, 0.6) is 0 Å². The van der Waals surface area contributed by atoms with Crippen LogP contribution in [-0.2, 0) is 13.3 Å². The Kier molecular flexibility index (Phi) is 14.3. The van der Waals surface area contributed by atoms with Gasteiger partial charge in [-0.15, -0.1) is 0 Å². The fraction of sp³-hybridized carbons (Fsp3) is 1.00. The van der Waals surface area contributed by atoms with Crippen LogP contribution in [0.25, 0.3) is 0 Å². The Morgan fingerprint density at radius 1 is 0.737 bits per heavy atom. The maximum Gasteiger partial charge on any atom is 0.388 e. The monoisotopic (exact) mass is 616 g/mol. The molecule has 0 amide bonds. The smallest absolute Gasteiger partial charge is 0.388 e. The maximum atomic E-state index is 13.8. The normalized spacial score (nSPS) is 19.1. The second-order valence-corrected chi connectivity index (χ2v) is 30.6. The Morgan fingerprint density at radius 2 is 1.21 bits per heavy atom. The van der Waals surface area contributed by atoms with E-state index < -0.39 is 56.6 Å². The van der Waals surface area contributed by atoms with E-state index in [0.29, 0.717) is 0 Å². The molecular formula is C28H63F3O3Si4. The number of halogens is 3. The Bertz CT molecular complexity index is 701. The summed E-state index contributed by atoms with van der Waals surface area (Å²) in [5.41, 5.74) is 0. The molecule has 38 heavy (non-hydrogen) atoms. The first kappa shape index (κ1) is 38.5. The van der Waals surface area contributed by atoms with Gasteiger partial charge in [-0.05, 0) is 84.2 Å². The maximum absolute atomic E-state index is 13.8. The van der Waals surface area contributed by atoms with Gasteiger partial charge in [-0.1, -0.05) is 61.2 Å². The summed E-state index contributed by atoms with van der Waals surface area (Å²) in [5.74, 6) is 0. The van der Waals surface area contributed by atoms with Crippen LogP contribution in [0.2, 0.25) is 63.5 Å². The van der Waals surface area contributed by atoms with Gasteiger partial charge in [-0.2, -0.15) is 13.2 Å². The quantitative estimate of drug-likeness (QED) is 0.143. The lowest BCUT2D eigenvalue weighted by Crippen LogP contribution is -2.64. The number of alkyl halides is 3. The van der Waals surface area contributed by atoms with Crippen LogP contribution >= 0.6 is 0 Å². The number of hydrogen-bond acceptors (Lipinski definition) is 3. The molecule has 3 unspecified atom stereocenters. The van der Waals surface area contributed by atoms with Crippen LogP contribution in [0, 0.1) is 0 Å². The summed E-state index contributed by atoms with van der Waals surface area (Å²) in [5, 5.41) is -1.09. The van der Waals surface area contributed by atoms with Crippen LogP contribution in [0.4, 0.5) is 13.2 Å². The van der Waals surface area contributed by atoms with E-state index >= 15 is 0 Å². The van der Waals surface area contributed by atoms with Gasteiger partial charge in [0, 0.05) is 22.8 Å². The van der Waals surface area contributed by atoms with E-state index in [1.807, 2.05) is 0 Å². The van der Waals surface area contributed by atoms with Crippen LogP contribution in [0.3, 0.4) is 0 Å². The molecule has 0 saturated carbocycles. The minimum Gasteiger partial charge on any atom is -0.414 e. The van der Waals surface area contributed by atoms with Gasteiger partial charge in [0.15, 0.2) is 16.6 Å². The highest BCUT2D eigenvalue weighted by Gasteiger charge is 2.59. The fourth-order valence-corrected chi connectivity index (χ4v) is 20.3. The molecule has 0 radical (unpaired) electrons. The summed E-state index contributed by atoms with van der Waals surface area (Å²) in [4.78, 5) is 0. The highest BCUT2D eigenvalue weighted by atomic mass is 28.4. The minimum absolute atomic E-state index is 0.0755. The van der Waals surface area contributed by atoms with E-state index in [-0.39, 0.29) is 17.4 Å². The van der Waals surface area contributed by atoms with Crippen LogP contribution in [-0.4, -0.2) is 56.5 Å². The summed E-state index contributed by atoms with van der Waals surface area (Å²) >= 11 is 0. The van der Waals surface area contributed by atoms with Crippen molar-refractivity contribution in [2.24, 2.45) is 0 Å². The van der Waals surface area contributed by atoms with Crippen LogP contribution < -0.4 is 0 Å². The molecule has 0 aromatic carbocycles. The molecule has 0 N–H and O–H groups in total. The molecule has 0 aliphatic heterocycles. The third-order valence-corrected chi connectivity index (χ3v) is 23.2. The van der Waals surface area contributed by atoms with Gasteiger partial charge in [0.05, 0.1) is 13.3 Å². The highest BCUT2D eigenvalue weighted by Crippen LogP contribution is 2.56. The second-order valence-electron chi connectivity index (χ2n) is 13.8. The van der Waals surface area contributed by atoms with E-state index in [0.717, 1.165) is 38.5 Å². The van der Waals surface area contributed by atoms with Crippen molar-refractivity contribution in [1.82, 2.24) is 0 Å². The summed E-state index contributed by atoms with van der Waals surface area (Å²) in [6.07, 6.45) is -0.260. The fourth-order valence-electron chi connectivity index (χ4n) is 6.48. The molecule has 0 heterocycles. The Hall–Kier alpha value is 0.538. The lowest BCUT2D eigenvalue weighted by molar-refractivity contribution is -0.131. The van der Waals surface area contributed by atoms with Gasteiger partial charge >= 0.3 is 6.18 Å². The Balaban J connectivity index is 6.91. The first-order valence-corrected chi connectivity index (χ1v) is 26.9. The predicted octanol–water partition coefficient (Wildman–Crippen LogP) is 10.2. The van der Waals surface area contributed by atoms with Crippen molar-refractivity contribution in [2.45, 2.75) is 180 Å². The Morgan fingerprint density at radius 3 is 1.50 bits per heavy atom. The lowest BCUT2D eigenvalue weighted by Gasteiger charge is -2.57. The van der Waals surface area contributed by atoms with Crippen molar-refractivity contribution in [3.05, 3.63) is 0 Å². The van der Waals surface area contributed by atoms with Crippen LogP contribution in [0.15, 0.2) is 0 Å².